The monoisotopic (exact) mass is 351 g/mol. The first-order chi connectivity index (χ1) is 12.6. The Hall–Kier alpha value is -3.48. The molecule has 0 saturated carbocycles. The van der Waals surface area contributed by atoms with Crippen LogP contribution in [0.1, 0.15) is 22.6 Å². The number of hydrogen-bond acceptors (Lipinski definition) is 4. The van der Waals surface area contributed by atoms with Gasteiger partial charge in [0.2, 0.25) is 0 Å². The highest BCUT2D eigenvalue weighted by molar-refractivity contribution is 5.95. The second-order valence-corrected chi connectivity index (χ2v) is 6.11. The van der Waals surface area contributed by atoms with E-state index < -0.39 is 23.2 Å². The minimum absolute atomic E-state index is 0.337. The highest BCUT2D eigenvalue weighted by Crippen LogP contribution is 2.44. The number of H-pyrrole nitrogens is 1. The third-order valence-electron chi connectivity index (χ3n) is 4.64. The molecule has 7 heteroatoms. The lowest BCUT2D eigenvalue weighted by Gasteiger charge is -2.26. The Morgan fingerprint density at radius 1 is 1.08 bits per heavy atom. The quantitative estimate of drug-likeness (QED) is 0.447. The summed E-state index contributed by atoms with van der Waals surface area (Å²) >= 11 is 0. The zero-order valence-corrected chi connectivity index (χ0v) is 13.2. The third kappa shape index (κ3) is 2.00. The van der Waals surface area contributed by atoms with E-state index in [0.29, 0.717) is 33.8 Å². The van der Waals surface area contributed by atoms with Gasteiger partial charge in [-0.25, -0.2) is 13.6 Å². The van der Waals surface area contributed by atoms with Crippen molar-refractivity contribution in [1.82, 2.24) is 10.2 Å². The van der Waals surface area contributed by atoms with Gasteiger partial charge in [0.15, 0.2) is 11.6 Å². The summed E-state index contributed by atoms with van der Waals surface area (Å²) in [7, 11) is 0. The molecule has 0 bridgehead atoms. The maximum Gasteiger partial charge on any atom is 0.342 e. The van der Waals surface area contributed by atoms with Crippen LogP contribution in [-0.2, 0) is 0 Å². The summed E-state index contributed by atoms with van der Waals surface area (Å²) in [5, 5.41) is 10.8. The third-order valence-corrected chi connectivity index (χ3v) is 4.64. The second kappa shape index (κ2) is 5.26. The zero-order chi connectivity index (χ0) is 17.8. The fraction of sp³-hybridized carbons (Fsp3) is 0.0526. The fourth-order valence-corrected chi connectivity index (χ4v) is 3.49. The highest BCUT2D eigenvalue weighted by Gasteiger charge is 2.33. The molecule has 5 nitrogen and oxygen atoms in total. The Bertz CT molecular complexity index is 1230. The summed E-state index contributed by atoms with van der Waals surface area (Å²) in [6, 6.07) is 10.7. The molecule has 0 aliphatic carbocycles. The van der Waals surface area contributed by atoms with Gasteiger partial charge in [-0.3, -0.25) is 5.10 Å². The number of fused-ring (bicyclic) bond motifs is 4. The summed E-state index contributed by atoms with van der Waals surface area (Å²) < 4.78 is 32.7. The Morgan fingerprint density at radius 2 is 1.92 bits per heavy atom. The molecule has 128 valence electrons. The Balaban J connectivity index is 1.86. The largest absolute Gasteiger partial charge is 0.422 e. The Kier molecular flexibility index (Phi) is 3.00. The van der Waals surface area contributed by atoms with Crippen molar-refractivity contribution in [3.05, 3.63) is 87.4 Å². The number of nitrogens with one attached hydrogen (secondary N) is 2. The molecule has 0 amide bonds. The van der Waals surface area contributed by atoms with Gasteiger partial charge in [-0.15, -0.1) is 0 Å². The Morgan fingerprint density at radius 3 is 2.77 bits per heavy atom. The van der Waals surface area contributed by atoms with Crippen molar-refractivity contribution in [1.29, 1.82) is 0 Å². The predicted octanol–water partition coefficient (Wildman–Crippen LogP) is 4.03. The van der Waals surface area contributed by atoms with Crippen LogP contribution in [0, 0.1) is 11.6 Å². The zero-order valence-electron chi connectivity index (χ0n) is 13.2. The van der Waals surface area contributed by atoms with Gasteiger partial charge in [0.05, 0.1) is 17.4 Å². The van der Waals surface area contributed by atoms with Gasteiger partial charge in [0.25, 0.3) is 0 Å². The van der Waals surface area contributed by atoms with Crippen molar-refractivity contribution in [2.24, 2.45) is 0 Å². The summed E-state index contributed by atoms with van der Waals surface area (Å²) in [5.41, 5.74) is 1.92. The molecule has 1 unspecified atom stereocenters. The number of para-hydroxylation sites is 1. The van der Waals surface area contributed by atoms with Gasteiger partial charge >= 0.3 is 5.63 Å². The number of halogens is 2. The summed E-state index contributed by atoms with van der Waals surface area (Å²) in [5.74, 6) is -1.95. The predicted molar refractivity (Wildman–Crippen MR) is 91.7 cm³/mol. The molecular weight excluding hydrogens is 340 g/mol. The molecule has 3 heterocycles. The number of hydrogen-bond donors (Lipinski definition) is 2. The highest BCUT2D eigenvalue weighted by atomic mass is 19.2. The van der Waals surface area contributed by atoms with E-state index in [0.717, 1.165) is 17.5 Å². The lowest BCUT2D eigenvalue weighted by molar-refractivity contribution is 0.506. The summed E-state index contributed by atoms with van der Waals surface area (Å²) in [4.78, 5) is 12.7. The van der Waals surface area contributed by atoms with Crippen molar-refractivity contribution in [2.75, 3.05) is 5.32 Å². The summed E-state index contributed by atoms with van der Waals surface area (Å²) in [6.07, 6.45) is 1.56. The molecule has 1 atom stereocenters. The van der Waals surface area contributed by atoms with Gasteiger partial charge in [-0.1, -0.05) is 18.2 Å². The van der Waals surface area contributed by atoms with Crippen LogP contribution in [0.3, 0.4) is 0 Å². The number of rotatable bonds is 1. The van der Waals surface area contributed by atoms with Crippen LogP contribution in [0.5, 0.6) is 0 Å². The van der Waals surface area contributed by atoms with Gasteiger partial charge in [0, 0.05) is 16.9 Å². The van der Waals surface area contributed by atoms with E-state index in [4.69, 9.17) is 4.42 Å². The van der Waals surface area contributed by atoms with E-state index in [1.165, 1.54) is 6.07 Å². The molecule has 5 rings (SSSR count). The van der Waals surface area contributed by atoms with Crippen LogP contribution in [0.4, 0.5) is 20.3 Å². The first-order valence-corrected chi connectivity index (χ1v) is 7.94. The van der Waals surface area contributed by atoms with Crippen molar-refractivity contribution in [2.45, 2.75) is 5.92 Å². The van der Waals surface area contributed by atoms with Crippen LogP contribution < -0.4 is 10.9 Å². The van der Waals surface area contributed by atoms with E-state index in [9.17, 15) is 13.6 Å². The van der Waals surface area contributed by atoms with Crippen LogP contribution >= 0.6 is 0 Å². The van der Waals surface area contributed by atoms with Crippen LogP contribution in [-0.4, -0.2) is 10.2 Å². The molecule has 2 aromatic heterocycles. The second-order valence-electron chi connectivity index (χ2n) is 6.11. The van der Waals surface area contributed by atoms with Crippen LogP contribution in [0.2, 0.25) is 0 Å². The first-order valence-electron chi connectivity index (χ1n) is 7.94. The topological polar surface area (TPSA) is 70.9 Å². The van der Waals surface area contributed by atoms with E-state index in [1.54, 1.807) is 18.3 Å². The number of aromatic nitrogens is 2. The van der Waals surface area contributed by atoms with Crippen LogP contribution in [0.15, 0.2) is 57.9 Å². The van der Waals surface area contributed by atoms with Gasteiger partial charge < -0.3 is 9.73 Å². The molecule has 0 radical (unpaired) electrons. The Labute approximate surface area is 145 Å². The standard InChI is InChI=1S/C19H11F2N3O2/c20-12-6-5-9(7-13(12)21)15-11-8-22-24-18(11)23-17-10-3-1-2-4-14(10)26-19(25)16(15)17/h1-8,15H,(H2,22,23,24). The molecular formula is C19H11F2N3O2. The van der Waals surface area contributed by atoms with Crippen molar-refractivity contribution in [3.63, 3.8) is 0 Å². The maximum absolute atomic E-state index is 13.9. The van der Waals surface area contributed by atoms with E-state index >= 15 is 0 Å². The SMILES string of the molecule is O=c1oc2ccccc2c2c1C(c1ccc(F)c(F)c1)c1cn[nH]c1N2. The minimum Gasteiger partial charge on any atom is -0.422 e. The number of aromatic amines is 1. The smallest absolute Gasteiger partial charge is 0.342 e. The molecule has 0 spiro atoms. The maximum atomic E-state index is 13.9. The molecule has 2 aromatic carbocycles. The van der Waals surface area contributed by atoms with E-state index in [-0.39, 0.29) is 0 Å². The average Bonchev–Trinajstić information content (AvgIpc) is 3.11. The minimum atomic E-state index is -0.974. The van der Waals surface area contributed by atoms with E-state index in [2.05, 4.69) is 15.5 Å². The van der Waals surface area contributed by atoms with Crippen LogP contribution in [0.25, 0.3) is 11.0 Å². The number of anilines is 2. The van der Waals surface area contributed by atoms with Crippen molar-refractivity contribution in [3.8, 4) is 0 Å². The molecule has 4 aromatic rings. The lowest BCUT2D eigenvalue weighted by atomic mass is 9.83. The lowest BCUT2D eigenvalue weighted by Crippen LogP contribution is -2.22. The average molecular weight is 351 g/mol. The number of nitrogens with zero attached hydrogens (tertiary/aromatic N) is 1. The fourth-order valence-electron chi connectivity index (χ4n) is 3.49. The molecule has 0 fully saturated rings. The van der Waals surface area contributed by atoms with Crippen molar-refractivity contribution < 1.29 is 13.2 Å². The molecule has 1 aliphatic heterocycles. The van der Waals surface area contributed by atoms with E-state index in [1.807, 2.05) is 12.1 Å². The molecule has 0 saturated heterocycles. The molecule has 26 heavy (non-hydrogen) atoms. The number of benzene rings is 2. The van der Waals surface area contributed by atoms with Gasteiger partial charge in [0.1, 0.15) is 11.4 Å². The first kappa shape index (κ1) is 14.8. The van der Waals surface area contributed by atoms with Gasteiger partial charge in [-0.2, -0.15) is 5.10 Å². The molecule has 1 aliphatic rings. The normalized spacial score (nSPS) is 15.4. The molecule has 2 N–H and O–H groups in total. The van der Waals surface area contributed by atoms with Gasteiger partial charge in [-0.05, 0) is 29.8 Å². The van der Waals surface area contributed by atoms with Crippen molar-refractivity contribution >= 4 is 22.5 Å². The summed E-state index contributed by atoms with van der Waals surface area (Å²) in [6.45, 7) is 0.